The lowest BCUT2D eigenvalue weighted by molar-refractivity contribution is 0.0950. The van der Waals surface area contributed by atoms with E-state index >= 15 is 0 Å². The van der Waals surface area contributed by atoms with Gasteiger partial charge in [0.15, 0.2) is 0 Å². The fourth-order valence-corrected chi connectivity index (χ4v) is 2.30. The Labute approximate surface area is 134 Å². The van der Waals surface area contributed by atoms with Gasteiger partial charge in [0.05, 0.1) is 11.3 Å². The van der Waals surface area contributed by atoms with Crippen LogP contribution >= 0.6 is 0 Å². The second-order valence-electron chi connectivity index (χ2n) is 5.85. The number of carbonyl (C=O) groups excluding carboxylic acids is 1. The van der Waals surface area contributed by atoms with Crippen LogP contribution in [-0.2, 0) is 6.61 Å². The van der Waals surface area contributed by atoms with Crippen molar-refractivity contribution < 1.29 is 13.9 Å². The SMILES string of the molecule is Cc1nc(OCc2cccc(F)c2)ccc1C(=O)NCC1CC1. The van der Waals surface area contributed by atoms with E-state index in [4.69, 9.17) is 4.74 Å². The number of aromatic nitrogens is 1. The van der Waals surface area contributed by atoms with Crippen LogP contribution in [0.5, 0.6) is 5.88 Å². The van der Waals surface area contributed by atoms with Crippen molar-refractivity contribution in [3.63, 3.8) is 0 Å². The molecular weight excluding hydrogens is 295 g/mol. The van der Waals surface area contributed by atoms with Gasteiger partial charge in [-0.3, -0.25) is 4.79 Å². The number of carbonyl (C=O) groups is 1. The van der Waals surface area contributed by atoms with Crippen molar-refractivity contribution >= 4 is 5.91 Å². The molecule has 2 aromatic rings. The van der Waals surface area contributed by atoms with Crippen molar-refractivity contribution in [2.24, 2.45) is 5.92 Å². The van der Waals surface area contributed by atoms with Crippen molar-refractivity contribution in [3.05, 3.63) is 59.0 Å². The lowest BCUT2D eigenvalue weighted by atomic mass is 10.2. The molecule has 1 aliphatic rings. The Morgan fingerprint density at radius 2 is 2.17 bits per heavy atom. The second kappa shape index (κ2) is 6.77. The van der Waals surface area contributed by atoms with E-state index in [0.717, 1.165) is 12.1 Å². The number of halogens is 1. The summed E-state index contributed by atoms with van der Waals surface area (Å²) in [4.78, 5) is 16.4. The van der Waals surface area contributed by atoms with Gasteiger partial charge in [-0.25, -0.2) is 9.37 Å². The molecule has 0 spiro atoms. The van der Waals surface area contributed by atoms with E-state index in [0.29, 0.717) is 23.1 Å². The van der Waals surface area contributed by atoms with E-state index in [1.54, 1.807) is 31.2 Å². The largest absolute Gasteiger partial charge is 0.473 e. The smallest absolute Gasteiger partial charge is 0.253 e. The number of pyridine rings is 1. The molecule has 1 aromatic carbocycles. The normalized spacial score (nSPS) is 13.7. The summed E-state index contributed by atoms with van der Waals surface area (Å²) < 4.78 is 18.7. The van der Waals surface area contributed by atoms with Crippen LogP contribution in [0.2, 0.25) is 0 Å². The van der Waals surface area contributed by atoms with Crippen molar-refractivity contribution in [3.8, 4) is 5.88 Å². The number of ether oxygens (including phenoxy) is 1. The van der Waals surface area contributed by atoms with E-state index < -0.39 is 0 Å². The van der Waals surface area contributed by atoms with Gasteiger partial charge in [0, 0.05) is 12.6 Å². The topological polar surface area (TPSA) is 51.2 Å². The third-order valence-corrected chi connectivity index (χ3v) is 3.83. The number of benzene rings is 1. The minimum Gasteiger partial charge on any atom is -0.473 e. The van der Waals surface area contributed by atoms with Gasteiger partial charge in [0.1, 0.15) is 12.4 Å². The summed E-state index contributed by atoms with van der Waals surface area (Å²) >= 11 is 0. The summed E-state index contributed by atoms with van der Waals surface area (Å²) in [6.07, 6.45) is 2.40. The molecule has 4 nitrogen and oxygen atoms in total. The number of hydrogen-bond donors (Lipinski definition) is 1. The van der Waals surface area contributed by atoms with E-state index in [2.05, 4.69) is 10.3 Å². The van der Waals surface area contributed by atoms with Gasteiger partial charge in [-0.1, -0.05) is 12.1 Å². The highest BCUT2D eigenvalue weighted by molar-refractivity contribution is 5.95. The summed E-state index contributed by atoms with van der Waals surface area (Å²) in [6, 6.07) is 9.62. The molecule has 0 aliphatic heterocycles. The van der Waals surface area contributed by atoms with Crippen LogP contribution in [0.1, 0.15) is 34.5 Å². The van der Waals surface area contributed by atoms with Gasteiger partial charge in [0.2, 0.25) is 5.88 Å². The molecule has 0 atom stereocenters. The number of aryl methyl sites for hydroxylation is 1. The van der Waals surface area contributed by atoms with E-state index in [9.17, 15) is 9.18 Å². The maximum atomic E-state index is 13.1. The Morgan fingerprint density at radius 3 is 2.87 bits per heavy atom. The molecule has 23 heavy (non-hydrogen) atoms. The number of nitrogens with one attached hydrogen (secondary N) is 1. The van der Waals surface area contributed by atoms with Crippen molar-refractivity contribution in [1.82, 2.24) is 10.3 Å². The molecule has 1 N–H and O–H groups in total. The minimum absolute atomic E-state index is 0.0985. The van der Waals surface area contributed by atoms with Crippen LogP contribution in [0, 0.1) is 18.7 Å². The van der Waals surface area contributed by atoms with Gasteiger partial charge < -0.3 is 10.1 Å². The third-order valence-electron chi connectivity index (χ3n) is 3.83. The number of amides is 1. The van der Waals surface area contributed by atoms with E-state index in [-0.39, 0.29) is 18.3 Å². The molecule has 0 saturated heterocycles. The monoisotopic (exact) mass is 314 g/mol. The molecule has 0 unspecified atom stereocenters. The van der Waals surface area contributed by atoms with Gasteiger partial charge >= 0.3 is 0 Å². The summed E-state index contributed by atoms with van der Waals surface area (Å²) in [6.45, 7) is 2.74. The van der Waals surface area contributed by atoms with Crippen LogP contribution in [0.3, 0.4) is 0 Å². The molecule has 120 valence electrons. The maximum Gasteiger partial charge on any atom is 0.253 e. The van der Waals surface area contributed by atoms with Crippen molar-refractivity contribution in [2.75, 3.05) is 6.54 Å². The summed E-state index contributed by atoms with van der Waals surface area (Å²) in [5.41, 5.74) is 1.91. The molecule has 0 radical (unpaired) electrons. The first-order valence-electron chi connectivity index (χ1n) is 7.75. The number of nitrogens with zero attached hydrogens (tertiary/aromatic N) is 1. The Hall–Kier alpha value is -2.43. The van der Waals surface area contributed by atoms with Gasteiger partial charge in [0.25, 0.3) is 5.91 Å². The Balaban J connectivity index is 1.60. The molecule has 1 aliphatic carbocycles. The molecule has 0 bridgehead atoms. The van der Waals surface area contributed by atoms with Crippen molar-refractivity contribution in [2.45, 2.75) is 26.4 Å². The van der Waals surface area contributed by atoms with E-state index in [1.165, 1.54) is 25.0 Å². The van der Waals surface area contributed by atoms with Crippen LogP contribution in [0.15, 0.2) is 36.4 Å². The lowest BCUT2D eigenvalue weighted by Gasteiger charge is -2.10. The Kier molecular flexibility index (Phi) is 4.55. The first-order valence-corrected chi connectivity index (χ1v) is 7.75. The first-order chi connectivity index (χ1) is 11.1. The molecule has 1 aromatic heterocycles. The Morgan fingerprint density at radius 1 is 1.35 bits per heavy atom. The zero-order valence-corrected chi connectivity index (χ0v) is 13.0. The fraction of sp³-hybridized carbons (Fsp3) is 0.333. The van der Waals surface area contributed by atoms with Crippen molar-refractivity contribution in [1.29, 1.82) is 0 Å². The zero-order chi connectivity index (χ0) is 16.2. The predicted molar refractivity (Wildman–Crippen MR) is 84.8 cm³/mol. The zero-order valence-electron chi connectivity index (χ0n) is 13.0. The minimum atomic E-state index is -0.294. The molecule has 1 saturated carbocycles. The van der Waals surface area contributed by atoms with E-state index in [1.807, 2.05) is 0 Å². The molecular formula is C18H19FN2O2. The number of rotatable bonds is 6. The summed E-state index contributed by atoms with van der Waals surface area (Å²) in [5, 5.41) is 2.92. The molecule has 1 heterocycles. The summed E-state index contributed by atoms with van der Waals surface area (Å²) in [5.74, 6) is 0.670. The summed E-state index contributed by atoms with van der Waals surface area (Å²) in [7, 11) is 0. The quantitative estimate of drug-likeness (QED) is 0.890. The van der Waals surface area contributed by atoms with Crippen LogP contribution in [0.25, 0.3) is 0 Å². The molecule has 1 fully saturated rings. The first kappa shape index (κ1) is 15.5. The fourth-order valence-electron chi connectivity index (χ4n) is 2.30. The lowest BCUT2D eigenvalue weighted by Crippen LogP contribution is -2.26. The van der Waals surface area contributed by atoms with Gasteiger partial charge in [-0.05, 0) is 49.4 Å². The highest BCUT2D eigenvalue weighted by Gasteiger charge is 2.22. The molecule has 5 heteroatoms. The standard InChI is InChI=1S/C18H19FN2O2/c1-12-16(18(22)20-10-13-5-6-13)7-8-17(21-12)23-11-14-3-2-4-15(19)9-14/h2-4,7-9,13H,5-6,10-11H2,1H3,(H,20,22). The molecule has 1 amide bonds. The van der Waals surface area contributed by atoms with Crippen LogP contribution in [-0.4, -0.2) is 17.4 Å². The second-order valence-corrected chi connectivity index (χ2v) is 5.85. The number of hydrogen-bond acceptors (Lipinski definition) is 3. The average molecular weight is 314 g/mol. The van der Waals surface area contributed by atoms with Crippen LogP contribution in [0.4, 0.5) is 4.39 Å². The highest BCUT2D eigenvalue weighted by Crippen LogP contribution is 2.27. The average Bonchev–Trinajstić information content (AvgIpc) is 3.35. The van der Waals surface area contributed by atoms with Gasteiger partial charge in [-0.2, -0.15) is 0 Å². The highest BCUT2D eigenvalue weighted by atomic mass is 19.1. The molecule has 3 rings (SSSR count). The third kappa shape index (κ3) is 4.28. The Bertz CT molecular complexity index is 714. The van der Waals surface area contributed by atoms with Crippen LogP contribution < -0.4 is 10.1 Å². The van der Waals surface area contributed by atoms with Gasteiger partial charge in [-0.15, -0.1) is 0 Å². The predicted octanol–water partition coefficient (Wildman–Crippen LogP) is 3.25. The maximum absolute atomic E-state index is 13.1.